The highest BCUT2D eigenvalue weighted by Crippen LogP contribution is 2.33. The van der Waals surface area contributed by atoms with Gasteiger partial charge in [-0.1, -0.05) is 17.4 Å². The topological polar surface area (TPSA) is 69.9 Å². The Hall–Kier alpha value is -1.51. The van der Waals surface area contributed by atoms with Gasteiger partial charge >= 0.3 is 5.97 Å². The van der Waals surface area contributed by atoms with Crippen LogP contribution in [-0.4, -0.2) is 23.2 Å². The molecular weight excluding hydrogens is 698 g/mol. The first-order valence-electron chi connectivity index (χ1n) is 10.6. The van der Waals surface area contributed by atoms with Gasteiger partial charge in [-0.25, -0.2) is 9.79 Å². The third kappa shape index (κ3) is 5.05. The van der Waals surface area contributed by atoms with Gasteiger partial charge in [0.05, 0.1) is 32.1 Å². The number of fused-ring (bicyclic) bond motifs is 1. The van der Waals surface area contributed by atoms with Gasteiger partial charge in [-0.3, -0.25) is 9.36 Å². The number of ether oxygens (including phenoxy) is 2. The minimum atomic E-state index is -0.570. The number of carbonyl (C=O) groups excluding carboxylic acids is 1. The van der Waals surface area contributed by atoms with Gasteiger partial charge in [0.2, 0.25) is 0 Å². The molecule has 0 N–H and O–H groups in total. The molecule has 4 rings (SSSR count). The summed E-state index contributed by atoms with van der Waals surface area (Å²) in [6, 6.07) is 7.33. The van der Waals surface area contributed by atoms with E-state index in [0.29, 0.717) is 20.6 Å². The molecule has 0 radical (unpaired) electrons. The van der Waals surface area contributed by atoms with E-state index in [0.717, 1.165) is 23.3 Å². The van der Waals surface area contributed by atoms with Gasteiger partial charge in [0.1, 0.15) is 11.8 Å². The number of rotatable bonds is 6. The van der Waals surface area contributed by atoms with Crippen LogP contribution < -0.4 is 19.6 Å². The molecule has 2 aromatic heterocycles. The quantitative estimate of drug-likeness (QED) is 0.270. The number of esters is 1. The van der Waals surface area contributed by atoms with Gasteiger partial charge in [-0.05, 0) is 103 Å². The molecule has 1 aromatic carbocycles. The molecule has 0 spiro atoms. The lowest BCUT2D eigenvalue weighted by Gasteiger charge is -2.23. The zero-order valence-electron chi connectivity index (χ0n) is 18.9. The van der Waals surface area contributed by atoms with E-state index in [1.165, 1.54) is 22.7 Å². The van der Waals surface area contributed by atoms with E-state index in [1.807, 2.05) is 49.6 Å². The lowest BCUT2D eigenvalue weighted by atomic mass is 10.0. The zero-order valence-corrected chi connectivity index (χ0v) is 24.9. The van der Waals surface area contributed by atoms with Crippen molar-refractivity contribution in [2.75, 3.05) is 6.61 Å². The Morgan fingerprint density at radius 1 is 1.32 bits per heavy atom. The summed E-state index contributed by atoms with van der Waals surface area (Å²) in [7, 11) is 0. The summed E-state index contributed by atoms with van der Waals surface area (Å²) in [5, 5.41) is 1.94. The van der Waals surface area contributed by atoms with E-state index in [1.54, 1.807) is 18.4 Å². The van der Waals surface area contributed by atoms with Crippen LogP contribution in [0.4, 0.5) is 0 Å². The Balaban J connectivity index is 1.95. The zero-order chi connectivity index (χ0) is 24.6. The minimum absolute atomic E-state index is 0.00411. The van der Waals surface area contributed by atoms with Crippen molar-refractivity contribution in [3.63, 3.8) is 0 Å². The van der Waals surface area contributed by atoms with Crippen molar-refractivity contribution in [1.29, 1.82) is 0 Å². The Kier molecular flexibility index (Phi) is 7.99. The van der Waals surface area contributed by atoms with Crippen molar-refractivity contribution in [3.8, 4) is 5.75 Å². The number of carbonyl (C=O) groups is 1. The molecule has 0 saturated carbocycles. The molecule has 0 fully saturated rings. The van der Waals surface area contributed by atoms with Crippen LogP contribution in [0.1, 0.15) is 44.2 Å². The van der Waals surface area contributed by atoms with Gasteiger partial charge in [-0.15, -0.1) is 11.3 Å². The Morgan fingerprint density at radius 3 is 2.74 bits per heavy atom. The number of hydrogen-bond acceptors (Lipinski definition) is 7. The lowest BCUT2D eigenvalue weighted by molar-refractivity contribution is -0.139. The highest BCUT2D eigenvalue weighted by Gasteiger charge is 2.33. The normalized spacial score (nSPS) is 16.0. The average Bonchev–Trinajstić information content (AvgIpc) is 3.38. The molecule has 3 heterocycles. The maximum absolute atomic E-state index is 13.7. The van der Waals surface area contributed by atoms with Crippen LogP contribution in [0.2, 0.25) is 0 Å². The minimum Gasteiger partial charge on any atom is -0.489 e. The van der Waals surface area contributed by atoms with Gasteiger partial charge < -0.3 is 9.47 Å². The van der Waals surface area contributed by atoms with E-state index < -0.39 is 12.0 Å². The molecule has 34 heavy (non-hydrogen) atoms. The molecule has 1 aliphatic heterocycles. The van der Waals surface area contributed by atoms with Crippen LogP contribution in [0.5, 0.6) is 5.75 Å². The van der Waals surface area contributed by atoms with Gasteiger partial charge in [0.15, 0.2) is 4.80 Å². The number of nitrogens with zero attached hydrogens (tertiary/aromatic N) is 2. The second kappa shape index (κ2) is 10.6. The van der Waals surface area contributed by atoms with Crippen molar-refractivity contribution < 1.29 is 14.3 Å². The number of benzene rings is 1. The van der Waals surface area contributed by atoms with Gasteiger partial charge in [0.25, 0.3) is 5.56 Å². The Morgan fingerprint density at radius 2 is 2.09 bits per heavy atom. The standard InChI is InChI=1S/C24H22I2N2O4S2/c1-5-31-23(30)19-13(4)27-24-28(20(19)17-7-6-8-33-17)22(29)18(34-24)10-14-9-15(25)11-16(26)21(14)32-12(2)3/h6-12,20H,5H2,1-4H3/b18-10-/t20-/m1/s1. The largest absolute Gasteiger partial charge is 0.489 e. The summed E-state index contributed by atoms with van der Waals surface area (Å²) in [5.41, 5.74) is 1.61. The van der Waals surface area contributed by atoms with E-state index in [2.05, 4.69) is 50.2 Å². The molecule has 6 nitrogen and oxygen atoms in total. The highest BCUT2D eigenvalue weighted by atomic mass is 127. The first kappa shape index (κ1) is 25.6. The Bertz CT molecular complexity index is 1450. The number of aromatic nitrogens is 1. The number of allylic oxidation sites excluding steroid dienone is 1. The van der Waals surface area contributed by atoms with Gasteiger partial charge in [0, 0.05) is 14.0 Å². The average molecular weight is 720 g/mol. The second-order valence-corrected chi connectivity index (χ2v) is 12.2. The monoisotopic (exact) mass is 720 g/mol. The van der Waals surface area contributed by atoms with Crippen molar-refractivity contribution in [2.45, 2.75) is 39.8 Å². The maximum atomic E-state index is 13.7. The van der Waals surface area contributed by atoms with E-state index in [4.69, 9.17) is 9.47 Å². The van der Waals surface area contributed by atoms with Crippen LogP contribution >= 0.6 is 67.9 Å². The summed E-state index contributed by atoms with van der Waals surface area (Å²) in [4.78, 5) is 32.7. The molecule has 0 amide bonds. The smallest absolute Gasteiger partial charge is 0.338 e. The number of hydrogen-bond donors (Lipinski definition) is 0. The molecule has 1 atom stereocenters. The van der Waals surface area contributed by atoms with E-state index in [-0.39, 0.29) is 18.3 Å². The molecule has 0 saturated heterocycles. The van der Waals surface area contributed by atoms with Crippen molar-refractivity contribution in [2.24, 2.45) is 4.99 Å². The predicted molar refractivity (Wildman–Crippen MR) is 152 cm³/mol. The van der Waals surface area contributed by atoms with Crippen LogP contribution in [0.25, 0.3) is 6.08 Å². The van der Waals surface area contributed by atoms with Crippen LogP contribution in [0.15, 0.2) is 50.7 Å². The Labute approximate surface area is 232 Å². The summed E-state index contributed by atoms with van der Waals surface area (Å²) in [6.07, 6.45) is 1.86. The molecular formula is C24H22I2N2O4S2. The van der Waals surface area contributed by atoms with Crippen molar-refractivity contribution in [1.82, 2.24) is 4.57 Å². The maximum Gasteiger partial charge on any atom is 0.338 e. The van der Waals surface area contributed by atoms with Gasteiger partial charge in [-0.2, -0.15) is 0 Å². The van der Waals surface area contributed by atoms with Crippen LogP contribution in [0.3, 0.4) is 0 Å². The lowest BCUT2D eigenvalue weighted by Crippen LogP contribution is -2.39. The summed E-state index contributed by atoms with van der Waals surface area (Å²) >= 11 is 7.34. The summed E-state index contributed by atoms with van der Waals surface area (Å²) < 4.78 is 15.6. The first-order chi connectivity index (χ1) is 16.2. The number of thiophene rings is 1. The first-order valence-corrected chi connectivity index (χ1v) is 14.4. The van der Waals surface area contributed by atoms with E-state index >= 15 is 0 Å². The molecule has 178 valence electrons. The number of thiazole rings is 1. The molecule has 1 aliphatic rings. The summed E-state index contributed by atoms with van der Waals surface area (Å²) in [6.45, 7) is 7.77. The molecule has 0 unspecified atom stereocenters. The SMILES string of the molecule is CCOC(=O)C1=C(C)N=c2s/c(=C\c3cc(I)cc(I)c3OC(C)C)c(=O)n2[C@@H]1c1cccs1. The van der Waals surface area contributed by atoms with Crippen LogP contribution in [-0.2, 0) is 9.53 Å². The fourth-order valence-corrected chi connectivity index (χ4v) is 7.57. The summed E-state index contributed by atoms with van der Waals surface area (Å²) in [5.74, 6) is 0.302. The predicted octanol–water partition coefficient (Wildman–Crippen LogP) is 4.86. The second-order valence-electron chi connectivity index (χ2n) is 7.79. The third-order valence-corrected chi connectivity index (χ3v) is 8.34. The van der Waals surface area contributed by atoms with Crippen LogP contribution in [0, 0.1) is 7.14 Å². The molecule has 3 aromatic rings. The third-order valence-electron chi connectivity index (χ3n) is 5.01. The highest BCUT2D eigenvalue weighted by molar-refractivity contribution is 14.1. The molecule has 0 aliphatic carbocycles. The van der Waals surface area contributed by atoms with Crippen molar-refractivity contribution >= 4 is 79.9 Å². The van der Waals surface area contributed by atoms with Crippen molar-refractivity contribution in [3.05, 3.63) is 78.2 Å². The molecule has 10 heteroatoms. The fraction of sp³-hybridized carbons (Fsp3) is 0.292. The fourth-order valence-electron chi connectivity index (χ4n) is 3.70. The number of halogens is 2. The van der Waals surface area contributed by atoms with E-state index in [9.17, 15) is 9.59 Å². The molecule has 0 bridgehead atoms.